The minimum atomic E-state index is -0.589. The first kappa shape index (κ1) is 19.6. The number of amides is 2. The van der Waals surface area contributed by atoms with Crippen LogP contribution in [0.25, 0.3) is 0 Å². The SMILES string of the molecule is CC(NC(=O)C1CSC(Cc2ccc(F)cc2)C(=O)N1)c1ccc2c(c1)OCO2. The lowest BCUT2D eigenvalue weighted by molar-refractivity contribution is -0.129. The maximum atomic E-state index is 13.0. The molecule has 2 aliphatic heterocycles. The van der Waals surface area contributed by atoms with Crippen LogP contribution in [0.4, 0.5) is 4.39 Å². The summed E-state index contributed by atoms with van der Waals surface area (Å²) in [5.41, 5.74) is 1.78. The molecule has 0 radical (unpaired) electrons. The Balaban J connectivity index is 1.32. The highest BCUT2D eigenvalue weighted by atomic mass is 32.2. The Morgan fingerprint density at radius 3 is 2.76 bits per heavy atom. The van der Waals surface area contributed by atoms with Crippen LogP contribution in [-0.2, 0) is 16.0 Å². The fourth-order valence-corrected chi connectivity index (χ4v) is 4.49. The molecule has 2 N–H and O–H groups in total. The van der Waals surface area contributed by atoms with Gasteiger partial charge < -0.3 is 20.1 Å². The minimum Gasteiger partial charge on any atom is -0.454 e. The average Bonchev–Trinajstić information content (AvgIpc) is 3.19. The zero-order valence-corrected chi connectivity index (χ0v) is 16.6. The number of hydrogen-bond donors (Lipinski definition) is 2. The van der Waals surface area contributed by atoms with Gasteiger partial charge in [0.05, 0.1) is 11.3 Å². The van der Waals surface area contributed by atoms with E-state index < -0.39 is 6.04 Å². The second kappa shape index (κ2) is 8.32. The van der Waals surface area contributed by atoms with Gasteiger partial charge in [0.25, 0.3) is 0 Å². The molecule has 2 heterocycles. The molecule has 2 aliphatic rings. The highest BCUT2D eigenvalue weighted by Gasteiger charge is 2.33. The van der Waals surface area contributed by atoms with Gasteiger partial charge in [-0.05, 0) is 48.7 Å². The first-order chi connectivity index (χ1) is 14.0. The summed E-state index contributed by atoms with van der Waals surface area (Å²) in [6.07, 6.45) is 0.499. The first-order valence-electron chi connectivity index (χ1n) is 9.36. The van der Waals surface area contributed by atoms with E-state index in [1.54, 1.807) is 12.1 Å². The molecule has 152 valence electrons. The van der Waals surface area contributed by atoms with E-state index in [1.165, 1.54) is 23.9 Å². The van der Waals surface area contributed by atoms with Crippen LogP contribution in [0.3, 0.4) is 0 Å². The lowest BCUT2D eigenvalue weighted by Crippen LogP contribution is -2.54. The first-order valence-corrected chi connectivity index (χ1v) is 10.4. The van der Waals surface area contributed by atoms with E-state index >= 15 is 0 Å². The molecular formula is C21H21FN2O4S. The lowest BCUT2D eigenvalue weighted by Gasteiger charge is -2.29. The minimum absolute atomic E-state index is 0.179. The van der Waals surface area contributed by atoms with Gasteiger partial charge in [-0.2, -0.15) is 0 Å². The number of nitrogens with one attached hydrogen (secondary N) is 2. The van der Waals surface area contributed by atoms with E-state index in [0.29, 0.717) is 23.7 Å². The van der Waals surface area contributed by atoms with Crippen LogP contribution in [0.2, 0.25) is 0 Å². The number of hydrogen-bond acceptors (Lipinski definition) is 5. The molecule has 2 amide bonds. The summed E-state index contributed by atoms with van der Waals surface area (Å²) in [5.74, 6) is 1.13. The van der Waals surface area contributed by atoms with Gasteiger partial charge in [0, 0.05) is 5.75 Å². The molecule has 0 aromatic heterocycles. The molecule has 0 aliphatic carbocycles. The summed E-state index contributed by atoms with van der Waals surface area (Å²) in [6.45, 7) is 2.08. The number of benzene rings is 2. The number of fused-ring (bicyclic) bond motifs is 1. The predicted molar refractivity (Wildman–Crippen MR) is 107 cm³/mol. The van der Waals surface area contributed by atoms with Crippen LogP contribution in [-0.4, -0.2) is 35.7 Å². The van der Waals surface area contributed by atoms with Gasteiger partial charge in [0.2, 0.25) is 18.6 Å². The third-order valence-electron chi connectivity index (χ3n) is 4.98. The topological polar surface area (TPSA) is 76.7 Å². The van der Waals surface area contributed by atoms with E-state index in [-0.39, 0.29) is 35.7 Å². The number of carbonyl (C=O) groups is 2. The number of ether oxygens (including phenoxy) is 2. The fourth-order valence-electron chi connectivity index (χ4n) is 3.30. The Morgan fingerprint density at radius 1 is 1.24 bits per heavy atom. The molecule has 4 rings (SSSR count). The number of thioether (sulfide) groups is 1. The highest BCUT2D eigenvalue weighted by Crippen LogP contribution is 2.34. The van der Waals surface area contributed by atoms with Crippen molar-refractivity contribution in [3.8, 4) is 11.5 Å². The van der Waals surface area contributed by atoms with Crippen LogP contribution < -0.4 is 20.1 Å². The third kappa shape index (κ3) is 4.48. The molecule has 0 saturated carbocycles. The maximum Gasteiger partial charge on any atom is 0.243 e. The van der Waals surface area contributed by atoms with Crippen molar-refractivity contribution in [3.63, 3.8) is 0 Å². The molecule has 1 fully saturated rings. The van der Waals surface area contributed by atoms with Gasteiger partial charge in [-0.1, -0.05) is 18.2 Å². The van der Waals surface area contributed by atoms with Crippen molar-refractivity contribution in [1.82, 2.24) is 10.6 Å². The van der Waals surface area contributed by atoms with Crippen LogP contribution in [0.15, 0.2) is 42.5 Å². The Hall–Kier alpha value is -2.74. The average molecular weight is 416 g/mol. The standard InChI is InChI=1S/C21H21FN2O4S/c1-12(14-4-7-17-18(9-14)28-11-27-17)23-20(25)16-10-29-19(21(26)24-16)8-13-2-5-15(22)6-3-13/h2-7,9,12,16,19H,8,10-11H2,1H3,(H,23,25)(H,24,26). The normalized spacial score (nSPS) is 21.4. The van der Waals surface area contributed by atoms with E-state index in [2.05, 4.69) is 10.6 Å². The summed E-state index contributed by atoms with van der Waals surface area (Å²) in [5, 5.41) is 5.45. The summed E-state index contributed by atoms with van der Waals surface area (Å²) >= 11 is 1.44. The number of carbonyl (C=O) groups excluding carboxylic acids is 2. The van der Waals surface area contributed by atoms with E-state index in [4.69, 9.17) is 9.47 Å². The largest absolute Gasteiger partial charge is 0.454 e. The molecule has 2 aromatic carbocycles. The van der Waals surface area contributed by atoms with E-state index in [0.717, 1.165) is 11.1 Å². The van der Waals surface area contributed by atoms with Crippen molar-refractivity contribution in [1.29, 1.82) is 0 Å². The van der Waals surface area contributed by atoms with Crippen molar-refractivity contribution in [2.24, 2.45) is 0 Å². The number of halogens is 1. The quantitative estimate of drug-likeness (QED) is 0.784. The molecule has 29 heavy (non-hydrogen) atoms. The van der Waals surface area contributed by atoms with Crippen molar-refractivity contribution < 1.29 is 23.5 Å². The predicted octanol–water partition coefficient (Wildman–Crippen LogP) is 2.57. The molecular weight excluding hydrogens is 395 g/mol. The Kier molecular flexibility index (Phi) is 5.62. The fraction of sp³-hybridized carbons (Fsp3) is 0.333. The highest BCUT2D eigenvalue weighted by molar-refractivity contribution is 8.00. The zero-order valence-electron chi connectivity index (χ0n) is 15.8. The van der Waals surface area contributed by atoms with Gasteiger partial charge in [0.15, 0.2) is 11.5 Å². The van der Waals surface area contributed by atoms with Crippen LogP contribution in [0.5, 0.6) is 11.5 Å². The van der Waals surface area contributed by atoms with Crippen molar-refractivity contribution >= 4 is 23.6 Å². The molecule has 0 bridgehead atoms. The second-order valence-electron chi connectivity index (χ2n) is 7.06. The monoisotopic (exact) mass is 416 g/mol. The van der Waals surface area contributed by atoms with Gasteiger partial charge >= 0.3 is 0 Å². The molecule has 2 aromatic rings. The Bertz CT molecular complexity index is 921. The summed E-state index contributed by atoms with van der Waals surface area (Å²) in [7, 11) is 0. The third-order valence-corrected chi connectivity index (χ3v) is 6.29. The Labute approximate surface area is 172 Å². The molecule has 6 nitrogen and oxygen atoms in total. The van der Waals surface area contributed by atoms with Crippen molar-refractivity contribution in [3.05, 3.63) is 59.4 Å². The van der Waals surface area contributed by atoms with Crippen molar-refractivity contribution in [2.75, 3.05) is 12.5 Å². The van der Waals surface area contributed by atoms with E-state index in [9.17, 15) is 14.0 Å². The van der Waals surface area contributed by atoms with Gasteiger partial charge in [-0.15, -0.1) is 11.8 Å². The molecule has 3 unspecified atom stereocenters. The van der Waals surface area contributed by atoms with Crippen molar-refractivity contribution in [2.45, 2.75) is 30.7 Å². The second-order valence-corrected chi connectivity index (χ2v) is 8.29. The van der Waals surface area contributed by atoms with Gasteiger partial charge in [-0.25, -0.2) is 4.39 Å². The van der Waals surface area contributed by atoms with Gasteiger partial charge in [-0.3, -0.25) is 9.59 Å². The summed E-state index contributed by atoms with van der Waals surface area (Å²) < 4.78 is 23.7. The van der Waals surface area contributed by atoms with Gasteiger partial charge in [0.1, 0.15) is 11.9 Å². The molecule has 3 atom stereocenters. The van der Waals surface area contributed by atoms with Crippen LogP contribution in [0.1, 0.15) is 24.1 Å². The number of rotatable bonds is 5. The molecule has 1 saturated heterocycles. The smallest absolute Gasteiger partial charge is 0.243 e. The molecule has 0 spiro atoms. The lowest BCUT2D eigenvalue weighted by atomic mass is 10.1. The Morgan fingerprint density at radius 2 is 2.00 bits per heavy atom. The maximum absolute atomic E-state index is 13.0. The van der Waals surface area contributed by atoms with Crippen LogP contribution >= 0.6 is 11.8 Å². The summed E-state index contributed by atoms with van der Waals surface area (Å²) in [4.78, 5) is 25.1. The van der Waals surface area contributed by atoms with E-state index in [1.807, 2.05) is 25.1 Å². The zero-order chi connectivity index (χ0) is 20.4. The summed E-state index contributed by atoms with van der Waals surface area (Å²) in [6, 6.07) is 10.8. The molecule has 8 heteroatoms. The van der Waals surface area contributed by atoms with Crippen LogP contribution in [0, 0.1) is 5.82 Å².